The fourth-order valence-corrected chi connectivity index (χ4v) is 2.95. The summed E-state index contributed by atoms with van der Waals surface area (Å²) in [5, 5.41) is 3.48. The van der Waals surface area contributed by atoms with Crippen LogP contribution in [0.3, 0.4) is 0 Å². The van der Waals surface area contributed by atoms with Gasteiger partial charge in [-0.1, -0.05) is 24.4 Å². The number of nitrogens with zero attached hydrogens (tertiary/aromatic N) is 1. The second kappa shape index (κ2) is 11.0. The lowest BCUT2D eigenvalue weighted by Gasteiger charge is -2.20. The summed E-state index contributed by atoms with van der Waals surface area (Å²) in [6.45, 7) is 2.59. The highest BCUT2D eigenvalue weighted by atomic mass is 35.5. The monoisotopic (exact) mass is 366 g/mol. The Balaban J connectivity index is 1.53. The fourth-order valence-electron chi connectivity index (χ4n) is 2.83. The highest BCUT2D eigenvalue weighted by Gasteiger charge is 2.15. The molecule has 1 N–H and O–H groups in total. The minimum Gasteiger partial charge on any atom is -0.494 e. The van der Waals surface area contributed by atoms with Crippen LogP contribution in [0.4, 0.5) is 0 Å². The van der Waals surface area contributed by atoms with Gasteiger partial charge >= 0.3 is 0 Å². The maximum Gasteiger partial charge on any atom is 0.224 e. The Hall–Kier alpha value is -1.75. The molecule has 25 heavy (non-hydrogen) atoms. The van der Waals surface area contributed by atoms with Gasteiger partial charge in [0.1, 0.15) is 5.75 Å². The van der Waals surface area contributed by atoms with Crippen LogP contribution in [0.25, 0.3) is 0 Å². The van der Waals surface area contributed by atoms with Crippen molar-refractivity contribution in [3.8, 4) is 5.75 Å². The second-order valence-electron chi connectivity index (χ2n) is 6.30. The fraction of sp³-hybridized carbons (Fsp3) is 0.579. The lowest BCUT2D eigenvalue weighted by molar-refractivity contribution is -0.131. The van der Waals surface area contributed by atoms with Gasteiger partial charge in [-0.15, -0.1) is 0 Å². The molecule has 1 aliphatic rings. The van der Waals surface area contributed by atoms with E-state index in [1.807, 2.05) is 4.90 Å². The summed E-state index contributed by atoms with van der Waals surface area (Å²) in [7, 11) is 0. The Morgan fingerprint density at radius 3 is 2.40 bits per heavy atom. The van der Waals surface area contributed by atoms with Crippen molar-refractivity contribution < 1.29 is 14.3 Å². The molecule has 0 radical (unpaired) electrons. The zero-order valence-electron chi connectivity index (χ0n) is 14.6. The van der Waals surface area contributed by atoms with Crippen LogP contribution in [0.2, 0.25) is 5.02 Å². The number of ether oxygens (including phenoxy) is 1. The largest absolute Gasteiger partial charge is 0.494 e. The molecule has 5 nitrogen and oxygen atoms in total. The van der Waals surface area contributed by atoms with Crippen molar-refractivity contribution in [2.45, 2.75) is 44.9 Å². The first kappa shape index (κ1) is 19.6. The van der Waals surface area contributed by atoms with Crippen molar-refractivity contribution in [3.63, 3.8) is 0 Å². The van der Waals surface area contributed by atoms with Gasteiger partial charge in [0.15, 0.2) is 0 Å². The van der Waals surface area contributed by atoms with Crippen LogP contribution in [0.15, 0.2) is 24.3 Å². The maximum absolute atomic E-state index is 12.1. The number of carbonyl (C=O) groups excluding carboxylic acids is 2. The van der Waals surface area contributed by atoms with Crippen molar-refractivity contribution in [1.29, 1.82) is 0 Å². The highest BCUT2D eigenvalue weighted by molar-refractivity contribution is 6.30. The average molecular weight is 367 g/mol. The third-order valence-corrected chi connectivity index (χ3v) is 4.50. The molecular formula is C19H27ClN2O3. The molecule has 1 saturated heterocycles. The van der Waals surface area contributed by atoms with Crippen LogP contribution in [0.1, 0.15) is 44.9 Å². The first-order chi connectivity index (χ1) is 12.1. The Labute approximate surface area is 154 Å². The average Bonchev–Trinajstić information content (AvgIpc) is 2.89. The molecule has 1 fully saturated rings. The van der Waals surface area contributed by atoms with E-state index in [9.17, 15) is 9.59 Å². The number of halogens is 1. The number of amides is 2. The number of benzene rings is 1. The number of rotatable bonds is 8. The molecule has 0 spiro atoms. The summed E-state index contributed by atoms with van der Waals surface area (Å²) in [5.74, 6) is 0.851. The Morgan fingerprint density at radius 1 is 1.04 bits per heavy atom. The Kier molecular flexibility index (Phi) is 8.60. The summed E-state index contributed by atoms with van der Waals surface area (Å²) in [5.41, 5.74) is 0. The van der Waals surface area contributed by atoms with Crippen LogP contribution in [0, 0.1) is 0 Å². The molecule has 1 aromatic carbocycles. The van der Waals surface area contributed by atoms with E-state index in [0.717, 1.165) is 31.7 Å². The van der Waals surface area contributed by atoms with Crippen molar-refractivity contribution in [2.24, 2.45) is 0 Å². The second-order valence-corrected chi connectivity index (χ2v) is 6.74. The third-order valence-electron chi connectivity index (χ3n) is 4.25. The zero-order valence-corrected chi connectivity index (χ0v) is 15.4. The molecule has 0 atom stereocenters. The quantitative estimate of drug-likeness (QED) is 0.717. The Bertz CT molecular complexity index is 540. The predicted octanol–water partition coefficient (Wildman–Crippen LogP) is 3.41. The first-order valence-electron chi connectivity index (χ1n) is 9.08. The van der Waals surface area contributed by atoms with Gasteiger partial charge < -0.3 is 15.0 Å². The van der Waals surface area contributed by atoms with Gasteiger partial charge in [0.25, 0.3) is 0 Å². The van der Waals surface area contributed by atoms with Crippen LogP contribution in [0.5, 0.6) is 5.75 Å². The van der Waals surface area contributed by atoms with Crippen LogP contribution in [-0.4, -0.2) is 43.0 Å². The smallest absolute Gasteiger partial charge is 0.224 e. The maximum atomic E-state index is 12.1. The van der Waals surface area contributed by atoms with Crippen molar-refractivity contribution in [1.82, 2.24) is 10.2 Å². The molecule has 138 valence electrons. The molecule has 1 aliphatic heterocycles. The lowest BCUT2D eigenvalue weighted by Crippen LogP contribution is -2.35. The van der Waals surface area contributed by atoms with Crippen LogP contribution >= 0.6 is 11.6 Å². The number of carbonyl (C=O) groups is 2. The third kappa shape index (κ3) is 7.78. The van der Waals surface area contributed by atoms with Gasteiger partial charge in [-0.2, -0.15) is 0 Å². The molecule has 0 unspecified atom stereocenters. The minimum absolute atomic E-state index is 0.0385. The zero-order chi connectivity index (χ0) is 17.9. The van der Waals surface area contributed by atoms with E-state index in [0.29, 0.717) is 37.4 Å². The van der Waals surface area contributed by atoms with Gasteiger partial charge in [0.2, 0.25) is 11.8 Å². The molecule has 1 heterocycles. The van der Waals surface area contributed by atoms with E-state index >= 15 is 0 Å². The van der Waals surface area contributed by atoms with E-state index in [-0.39, 0.29) is 11.8 Å². The van der Waals surface area contributed by atoms with E-state index in [1.54, 1.807) is 24.3 Å². The van der Waals surface area contributed by atoms with E-state index < -0.39 is 0 Å². The minimum atomic E-state index is -0.0385. The predicted molar refractivity (Wildman–Crippen MR) is 98.9 cm³/mol. The van der Waals surface area contributed by atoms with Crippen LogP contribution < -0.4 is 10.1 Å². The standard InChI is InChI=1S/C19H27ClN2O3/c20-16-7-9-17(10-8-16)25-15-5-6-18(23)21-12-11-19(24)22-13-3-1-2-4-14-22/h7-10H,1-6,11-15H2,(H,21,23). The molecule has 6 heteroatoms. The molecule has 0 saturated carbocycles. The van der Waals surface area contributed by atoms with E-state index in [2.05, 4.69) is 5.32 Å². The number of nitrogens with one attached hydrogen (secondary N) is 1. The molecule has 2 rings (SSSR count). The number of hydrogen-bond donors (Lipinski definition) is 1. The lowest BCUT2D eigenvalue weighted by atomic mass is 10.2. The molecule has 0 bridgehead atoms. The van der Waals surface area contributed by atoms with E-state index in [4.69, 9.17) is 16.3 Å². The van der Waals surface area contributed by atoms with Gasteiger partial charge in [0.05, 0.1) is 6.61 Å². The summed E-state index contributed by atoms with van der Waals surface area (Å²) < 4.78 is 5.55. The van der Waals surface area contributed by atoms with E-state index in [1.165, 1.54) is 12.8 Å². The van der Waals surface area contributed by atoms with Crippen molar-refractivity contribution >= 4 is 23.4 Å². The number of likely N-dealkylation sites (tertiary alicyclic amines) is 1. The van der Waals surface area contributed by atoms with Gasteiger partial charge in [-0.25, -0.2) is 0 Å². The topological polar surface area (TPSA) is 58.6 Å². The summed E-state index contributed by atoms with van der Waals surface area (Å²) >= 11 is 5.81. The van der Waals surface area contributed by atoms with Crippen molar-refractivity contribution in [3.05, 3.63) is 29.3 Å². The molecular weight excluding hydrogens is 340 g/mol. The van der Waals surface area contributed by atoms with Crippen LogP contribution in [-0.2, 0) is 9.59 Å². The molecule has 2 amide bonds. The molecule has 1 aromatic rings. The van der Waals surface area contributed by atoms with Gasteiger partial charge in [-0.3, -0.25) is 9.59 Å². The first-order valence-corrected chi connectivity index (χ1v) is 9.46. The van der Waals surface area contributed by atoms with Gasteiger partial charge in [-0.05, 0) is 43.5 Å². The number of hydrogen-bond acceptors (Lipinski definition) is 3. The SMILES string of the molecule is O=C(CCCOc1ccc(Cl)cc1)NCCC(=O)N1CCCCCC1. The summed E-state index contributed by atoms with van der Waals surface area (Å²) in [6.07, 6.45) is 6.00. The van der Waals surface area contributed by atoms with Gasteiger partial charge in [0, 0.05) is 37.5 Å². The summed E-state index contributed by atoms with van der Waals surface area (Å²) in [4.78, 5) is 25.9. The summed E-state index contributed by atoms with van der Waals surface area (Å²) in [6, 6.07) is 7.14. The molecule has 0 aliphatic carbocycles. The van der Waals surface area contributed by atoms with Crippen molar-refractivity contribution in [2.75, 3.05) is 26.2 Å². The highest BCUT2D eigenvalue weighted by Crippen LogP contribution is 2.15. The normalized spacial score (nSPS) is 14.7. The molecule has 0 aromatic heterocycles. The Morgan fingerprint density at radius 2 is 1.72 bits per heavy atom.